The van der Waals surface area contributed by atoms with Gasteiger partial charge in [-0.05, 0) is 28.1 Å². The Balaban J connectivity index is 2.23. The van der Waals surface area contributed by atoms with Gasteiger partial charge >= 0.3 is 0 Å². The highest BCUT2D eigenvalue weighted by molar-refractivity contribution is 9.10. The minimum absolute atomic E-state index is 0.0105. The third kappa shape index (κ3) is 2.72. The van der Waals surface area contributed by atoms with Crippen LogP contribution in [0.25, 0.3) is 0 Å². The molecule has 1 aromatic heterocycles. The van der Waals surface area contributed by atoms with E-state index in [-0.39, 0.29) is 17.5 Å². The average Bonchev–Trinajstić information content (AvgIpc) is 2.34. The molecule has 7 nitrogen and oxygen atoms in total. The number of benzene rings is 1. The van der Waals surface area contributed by atoms with Crippen LogP contribution in [0.5, 0.6) is 11.6 Å². The predicted molar refractivity (Wildman–Crippen MR) is 67.3 cm³/mol. The van der Waals surface area contributed by atoms with Gasteiger partial charge in [-0.15, -0.1) is 0 Å². The van der Waals surface area contributed by atoms with Crippen LogP contribution in [0.2, 0.25) is 0 Å². The summed E-state index contributed by atoms with van der Waals surface area (Å²) in [6, 6.07) is 5.63. The smallest absolute Gasteiger partial charge is 0.269 e. The minimum atomic E-state index is -0.484. The number of nitro groups is 1. The SMILES string of the molecule is Nc1ncc(Br)c(Oc2ccc([N+](=O)[O-])cc2)n1. The van der Waals surface area contributed by atoms with Crippen molar-refractivity contribution in [2.24, 2.45) is 0 Å². The van der Waals surface area contributed by atoms with Crippen LogP contribution >= 0.6 is 15.9 Å². The lowest BCUT2D eigenvalue weighted by Gasteiger charge is -2.06. The molecule has 1 aromatic carbocycles. The molecule has 0 aliphatic heterocycles. The lowest BCUT2D eigenvalue weighted by Crippen LogP contribution is -1.97. The first kappa shape index (κ1) is 12.2. The number of non-ortho nitro benzene ring substituents is 1. The number of nitrogen functional groups attached to an aromatic ring is 1. The van der Waals surface area contributed by atoms with Gasteiger partial charge in [0.25, 0.3) is 5.69 Å². The number of hydrogen-bond donors (Lipinski definition) is 1. The summed E-state index contributed by atoms with van der Waals surface area (Å²) in [5.74, 6) is 0.742. The number of nitrogens with zero attached hydrogens (tertiary/aromatic N) is 3. The molecule has 8 heteroatoms. The number of nitro benzene ring substituents is 1. The molecule has 0 radical (unpaired) electrons. The summed E-state index contributed by atoms with van der Waals surface area (Å²) in [7, 11) is 0. The molecule has 0 bridgehead atoms. The fraction of sp³-hybridized carbons (Fsp3) is 0. The Hall–Kier alpha value is -2.22. The Labute approximate surface area is 110 Å². The number of halogens is 1. The molecular weight excluding hydrogens is 304 g/mol. The van der Waals surface area contributed by atoms with Crippen molar-refractivity contribution in [3.63, 3.8) is 0 Å². The summed E-state index contributed by atoms with van der Waals surface area (Å²) >= 11 is 3.21. The molecule has 2 rings (SSSR count). The Bertz CT molecular complexity index is 588. The lowest BCUT2D eigenvalue weighted by atomic mass is 10.3. The molecule has 18 heavy (non-hydrogen) atoms. The summed E-state index contributed by atoms with van der Waals surface area (Å²) in [5, 5.41) is 10.5. The quantitative estimate of drug-likeness (QED) is 0.690. The molecule has 0 atom stereocenters. The van der Waals surface area contributed by atoms with E-state index in [9.17, 15) is 10.1 Å². The Kier molecular flexibility index (Phi) is 3.38. The van der Waals surface area contributed by atoms with Crippen molar-refractivity contribution < 1.29 is 9.66 Å². The molecule has 0 amide bonds. The number of ether oxygens (including phenoxy) is 1. The maximum absolute atomic E-state index is 10.5. The highest BCUT2D eigenvalue weighted by Crippen LogP contribution is 2.28. The van der Waals surface area contributed by atoms with E-state index >= 15 is 0 Å². The normalized spacial score (nSPS) is 10.1. The molecule has 2 N–H and O–H groups in total. The van der Waals surface area contributed by atoms with Crippen LogP contribution in [0.3, 0.4) is 0 Å². The Morgan fingerprint density at radius 3 is 2.61 bits per heavy atom. The van der Waals surface area contributed by atoms with Crippen molar-refractivity contribution in [3.8, 4) is 11.6 Å². The van der Waals surface area contributed by atoms with Gasteiger partial charge in [0.05, 0.1) is 15.6 Å². The van der Waals surface area contributed by atoms with Crippen molar-refractivity contribution in [2.75, 3.05) is 5.73 Å². The van der Waals surface area contributed by atoms with E-state index in [1.54, 1.807) is 0 Å². The standard InChI is InChI=1S/C10H7BrN4O3/c11-8-5-13-10(12)14-9(8)18-7-3-1-6(2-4-7)15(16)17/h1-5H,(H2,12,13,14). The summed E-state index contributed by atoms with van der Waals surface area (Å²) in [6.45, 7) is 0. The topological polar surface area (TPSA) is 104 Å². The maximum atomic E-state index is 10.5. The van der Waals surface area contributed by atoms with E-state index in [2.05, 4.69) is 25.9 Å². The van der Waals surface area contributed by atoms with Crippen LogP contribution in [0.1, 0.15) is 0 Å². The fourth-order valence-electron chi connectivity index (χ4n) is 1.18. The van der Waals surface area contributed by atoms with Crippen molar-refractivity contribution in [1.82, 2.24) is 9.97 Å². The van der Waals surface area contributed by atoms with E-state index in [1.165, 1.54) is 30.5 Å². The van der Waals surface area contributed by atoms with Gasteiger partial charge in [0.2, 0.25) is 11.8 Å². The van der Waals surface area contributed by atoms with Gasteiger partial charge in [-0.1, -0.05) is 0 Å². The minimum Gasteiger partial charge on any atom is -0.438 e. The van der Waals surface area contributed by atoms with Crippen molar-refractivity contribution in [2.45, 2.75) is 0 Å². The molecule has 92 valence electrons. The van der Waals surface area contributed by atoms with Crippen LogP contribution in [0.15, 0.2) is 34.9 Å². The lowest BCUT2D eigenvalue weighted by molar-refractivity contribution is -0.384. The van der Waals surface area contributed by atoms with Crippen LogP contribution in [0.4, 0.5) is 11.6 Å². The molecule has 0 unspecified atom stereocenters. The highest BCUT2D eigenvalue weighted by Gasteiger charge is 2.08. The van der Waals surface area contributed by atoms with E-state index in [1.807, 2.05) is 0 Å². The zero-order valence-corrected chi connectivity index (χ0v) is 10.5. The monoisotopic (exact) mass is 310 g/mol. The van der Waals surface area contributed by atoms with Gasteiger partial charge in [0.15, 0.2) is 0 Å². The summed E-state index contributed by atoms with van der Waals surface area (Å²) < 4.78 is 5.96. The van der Waals surface area contributed by atoms with Gasteiger partial charge in [-0.2, -0.15) is 4.98 Å². The molecule has 0 saturated heterocycles. The van der Waals surface area contributed by atoms with E-state index in [0.717, 1.165) is 0 Å². The number of rotatable bonds is 3. The van der Waals surface area contributed by atoms with Crippen molar-refractivity contribution >= 4 is 27.6 Å². The summed E-state index contributed by atoms with van der Waals surface area (Å²) in [6.07, 6.45) is 1.46. The zero-order valence-electron chi connectivity index (χ0n) is 8.91. The zero-order chi connectivity index (χ0) is 13.1. The molecule has 0 fully saturated rings. The highest BCUT2D eigenvalue weighted by atomic mass is 79.9. The average molecular weight is 311 g/mol. The van der Waals surface area contributed by atoms with Gasteiger partial charge in [-0.25, -0.2) is 4.98 Å². The predicted octanol–water partition coefficient (Wildman–Crippen LogP) is 2.52. The molecule has 0 saturated carbocycles. The molecular formula is C10H7BrN4O3. The number of nitrogens with two attached hydrogens (primary N) is 1. The number of anilines is 1. The van der Waals surface area contributed by atoms with E-state index < -0.39 is 4.92 Å². The van der Waals surface area contributed by atoms with Gasteiger partial charge in [0.1, 0.15) is 5.75 Å². The van der Waals surface area contributed by atoms with Crippen LogP contribution in [-0.4, -0.2) is 14.9 Å². The fourth-order valence-corrected chi connectivity index (χ4v) is 1.46. The molecule has 0 aliphatic rings. The van der Waals surface area contributed by atoms with E-state index in [4.69, 9.17) is 10.5 Å². The second kappa shape index (κ2) is 4.96. The Morgan fingerprint density at radius 1 is 1.33 bits per heavy atom. The number of aromatic nitrogens is 2. The Morgan fingerprint density at radius 2 is 2.00 bits per heavy atom. The second-order valence-electron chi connectivity index (χ2n) is 3.23. The van der Waals surface area contributed by atoms with Crippen molar-refractivity contribution in [1.29, 1.82) is 0 Å². The van der Waals surface area contributed by atoms with Gasteiger partial charge in [0, 0.05) is 12.1 Å². The second-order valence-corrected chi connectivity index (χ2v) is 4.09. The van der Waals surface area contributed by atoms with Crippen LogP contribution in [-0.2, 0) is 0 Å². The first-order valence-electron chi connectivity index (χ1n) is 4.76. The molecule has 0 aliphatic carbocycles. The number of hydrogen-bond acceptors (Lipinski definition) is 6. The van der Waals surface area contributed by atoms with E-state index in [0.29, 0.717) is 10.2 Å². The van der Waals surface area contributed by atoms with Crippen molar-refractivity contribution in [3.05, 3.63) is 45.0 Å². The largest absolute Gasteiger partial charge is 0.438 e. The van der Waals surface area contributed by atoms with Gasteiger partial charge in [-0.3, -0.25) is 10.1 Å². The summed E-state index contributed by atoms with van der Waals surface area (Å²) in [5.41, 5.74) is 5.42. The third-order valence-corrected chi connectivity index (χ3v) is 2.54. The maximum Gasteiger partial charge on any atom is 0.269 e. The van der Waals surface area contributed by atoms with Crippen LogP contribution in [0, 0.1) is 10.1 Å². The molecule has 1 heterocycles. The van der Waals surface area contributed by atoms with Crippen LogP contribution < -0.4 is 10.5 Å². The molecule has 0 spiro atoms. The van der Waals surface area contributed by atoms with Gasteiger partial charge < -0.3 is 10.5 Å². The molecule has 2 aromatic rings. The third-order valence-electron chi connectivity index (χ3n) is 1.99. The first-order valence-corrected chi connectivity index (χ1v) is 5.56. The first-order chi connectivity index (χ1) is 8.56. The summed E-state index contributed by atoms with van der Waals surface area (Å²) in [4.78, 5) is 17.7.